The van der Waals surface area contributed by atoms with E-state index in [0.29, 0.717) is 0 Å². The smallest absolute Gasteiger partial charge is 0.224 e. The number of rotatable bonds is 3. The lowest BCUT2D eigenvalue weighted by Crippen LogP contribution is -2.04. The SMILES string of the molecule is Cc1ccc(CNc2nc(Cl)ncc2C)cc1. The third-order valence-electron chi connectivity index (χ3n) is 2.52. The number of nitrogens with one attached hydrogen (secondary N) is 1. The van der Waals surface area contributed by atoms with Crippen molar-refractivity contribution in [2.45, 2.75) is 20.4 Å². The molecule has 0 unspecified atom stereocenters. The summed E-state index contributed by atoms with van der Waals surface area (Å²) in [5, 5.41) is 3.52. The van der Waals surface area contributed by atoms with Crippen molar-refractivity contribution in [1.29, 1.82) is 0 Å². The van der Waals surface area contributed by atoms with Crippen LogP contribution in [0.1, 0.15) is 16.7 Å². The summed E-state index contributed by atoms with van der Waals surface area (Å²) in [7, 11) is 0. The highest BCUT2D eigenvalue weighted by molar-refractivity contribution is 6.28. The first-order chi connectivity index (χ1) is 8.15. The summed E-state index contributed by atoms with van der Waals surface area (Å²) in [6, 6.07) is 8.38. The molecule has 1 aromatic heterocycles. The normalized spacial score (nSPS) is 10.3. The van der Waals surface area contributed by atoms with E-state index in [9.17, 15) is 0 Å². The Bertz CT molecular complexity index is 509. The van der Waals surface area contributed by atoms with Gasteiger partial charge in [-0.3, -0.25) is 0 Å². The highest BCUT2D eigenvalue weighted by Gasteiger charge is 2.01. The molecule has 1 aromatic carbocycles. The van der Waals surface area contributed by atoms with Crippen molar-refractivity contribution in [3.05, 3.63) is 52.4 Å². The lowest BCUT2D eigenvalue weighted by atomic mass is 10.1. The van der Waals surface area contributed by atoms with Gasteiger partial charge in [-0.25, -0.2) is 9.97 Å². The Balaban J connectivity index is 2.07. The average molecular weight is 248 g/mol. The molecule has 0 amide bonds. The molecule has 4 heteroatoms. The van der Waals surface area contributed by atoms with Gasteiger partial charge in [-0.2, -0.15) is 0 Å². The second kappa shape index (κ2) is 5.15. The minimum absolute atomic E-state index is 0.266. The molecule has 0 spiro atoms. The summed E-state index contributed by atoms with van der Waals surface area (Å²) in [5.41, 5.74) is 3.46. The highest BCUT2D eigenvalue weighted by atomic mass is 35.5. The molecule has 3 nitrogen and oxygen atoms in total. The van der Waals surface area contributed by atoms with Crippen LogP contribution in [0.3, 0.4) is 0 Å². The first kappa shape index (κ1) is 11.9. The third-order valence-corrected chi connectivity index (χ3v) is 2.70. The van der Waals surface area contributed by atoms with Crippen molar-refractivity contribution in [3.8, 4) is 0 Å². The number of hydrogen-bond donors (Lipinski definition) is 1. The maximum absolute atomic E-state index is 5.76. The molecule has 88 valence electrons. The van der Waals surface area contributed by atoms with Gasteiger partial charge in [0.05, 0.1) is 0 Å². The van der Waals surface area contributed by atoms with E-state index >= 15 is 0 Å². The average Bonchev–Trinajstić information content (AvgIpc) is 2.32. The van der Waals surface area contributed by atoms with E-state index in [4.69, 9.17) is 11.6 Å². The van der Waals surface area contributed by atoms with Crippen LogP contribution >= 0.6 is 11.6 Å². The molecule has 0 atom stereocenters. The summed E-state index contributed by atoms with van der Waals surface area (Å²) in [4.78, 5) is 8.07. The van der Waals surface area contributed by atoms with Crippen LogP contribution < -0.4 is 5.32 Å². The fourth-order valence-corrected chi connectivity index (χ4v) is 1.62. The van der Waals surface area contributed by atoms with Gasteiger partial charge < -0.3 is 5.32 Å². The van der Waals surface area contributed by atoms with Gasteiger partial charge in [0, 0.05) is 18.3 Å². The van der Waals surface area contributed by atoms with Crippen LogP contribution in [0.2, 0.25) is 5.28 Å². The Morgan fingerprint density at radius 2 is 1.88 bits per heavy atom. The van der Waals surface area contributed by atoms with Gasteiger partial charge in [-0.15, -0.1) is 0 Å². The predicted molar refractivity (Wildman–Crippen MR) is 70.3 cm³/mol. The first-order valence-corrected chi connectivity index (χ1v) is 5.81. The molecule has 0 saturated heterocycles. The van der Waals surface area contributed by atoms with Crippen molar-refractivity contribution in [2.24, 2.45) is 0 Å². The Morgan fingerprint density at radius 1 is 1.18 bits per heavy atom. The zero-order chi connectivity index (χ0) is 12.3. The number of benzene rings is 1. The molecular formula is C13H14ClN3. The molecule has 1 heterocycles. The van der Waals surface area contributed by atoms with Crippen molar-refractivity contribution >= 4 is 17.4 Å². The minimum atomic E-state index is 0.266. The zero-order valence-corrected chi connectivity index (χ0v) is 10.6. The van der Waals surface area contributed by atoms with E-state index in [1.54, 1.807) is 6.20 Å². The molecule has 17 heavy (non-hydrogen) atoms. The number of anilines is 1. The van der Waals surface area contributed by atoms with Gasteiger partial charge in [-0.05, 0) is 31.0 Å². The second-order valence-corrected chi connectivity index (χ2v) is 4.35. The Labute approximate surface area is 106 Å². The highest BCUT2D eigenvalue weighted by Crippen LogP contribution is 2.14. The van der Waals surface area contributed by atoms with E-state index < -0.39 is 0 Å². The largest absolute Gasteiger partial charge is 0.366 e. The van der Waals surface area contributed by atoms with Crippen LogP contribution in [0.4, 0.5) is 5.82 Å². The second-order valence-electron chi connectivity index (χ2n) is 4.01. The monoisotopic (exact) mass is 247 g/mol. The molecule has 0 fully saturated rings. The fraction of sp³-hybridized carbons (Fsp3) is 0.231. The number of halogens is 1. The van der Waals surface area contributed by atoms with E-state index in [1.165, 1.54) is 11.1 Å². The van der Waals surface area contributed by atoms with Crippen LogP contribution in [-0.2, 0) is 6.54 Å². The van der Waals surface area contributed by atoms with Gasteiger partial charge in [0.15, 0.2) is 0 Å². The Morgan fingerprint density at radius 3 is 2.59 bits per heavy atom. The topological polar surface area (TPSA) is 37.8 Å². The quantitative estimate of drug-likeness (QED) is 0.846. The van der Waals surface area contributed by atoms with Gasteiger partial charge in [-0.1, -0.05) is 29.8 Å². The molecule has 0 aliphatic heterocycles. The number of nitrogens with zero attached hydrogens (tertiary/aromatic N) is 2. The molecule has 2 aromatic rings. The molecule has 0 bridgehead atoms. The molecule has 1 N–H and O–H groups in total. The van der Waals surface area contributed by atoms with Crippen LogP contribution in [0.15, 0.2) is 30.5 Å². The van der Waals surface area contributed by atoms with Crippen molar-refractivity contribution < 1.29 is 0 Å². The van der Waals surface area contributed by atoms with Crippen molar-refractivity contribution in [1.82, 2.24) is 9.97 Å². The van der Waals surface area contributed by atoms with Crippen molar-refractivity contribution in [3.63, 3.8) is 0 Å². The molecule has 2 rings (SSSR count). The minimum Gasteiger partial charge on any atom is -0.366 e. The summed E-state index contributed by atoms with van der Waals surface area (Å²) < 4.78 is 0. The fourth-order valence-electron chi connectivity index (χ4n) is 1.49. The number of aryl methyl sites for hydroxylation is 2. The van der Waals surface area contributed by atoms with Gasteiger partial charge >= 0.3 is 0 Å². The lowest BCUT2D eigenvalue weighted by molar-refractivity contribution is 1.06. The lowest BCUT2D eigenvalue weighted by Gasteiger charge is -2.08. The van der Waals surface area contributed by atoms with E-state index in [-0.39, 0.29) is 5.28 Å². The number of hydrogen-bond acceptors (Lipinski definition) is 3. The molecule has 0 saturated carbocycles. The Kier molecular flexibility index (Phi) is 3.59. The van der Waals surface area contributed by atoms with E-state index in [2.05, 4.69) is 46.5 Å². The standard InChI is InChI=1S/C13H14ClN3/c1-9-3-5-11(6-4-9)8-15-12-10(2)7-16-13(14)17-12/h3-7H,8H2,1-2H3,(H,15,16,17). The van der Waals surface area contributed by atoms with Crippen molar-refractivity contribution in [2.75, 3.05) is 5.32 Å². The molecular weight excluding hydrogens is 234 g/mol. The van der Waals surface area contributed by atoms with Crippen LogP contribution in [-0.4, -0.2) is 9.97 Å². The molecule has 0 aliphatic rings. The summed E-state index contributed by atoms with van der Waals surface area (Å²) in [6.45, 7) is 4.76. The van der Waals surface area contributed by atoms with Gasteiger partial charge in [0.25, 0.3) is 0 Å². The molecule has 0 aliphatic carbocycles. The van der Waals surface area contributed by atoms with Crippen LogP contribution in [0.5, 0.6) is 0 Å². The van der Waals surface area contributed by atoms with Gasteiger partial charge in [0.2, 0.25) is 5.28 Å². The summed E-state index contributed by atoms with van der Waals surface area (Å²) in [5.74, 6) is 0.783. The zero-order valence-electron chi connectivity index (χ0n) is 9.87. The Hall–Kier alpha value is -1.61. The summed E-state index contributed by atoms with van der Waals surface area (Å²) >= 11 is 5.76. The maximum Gasteiger partial charge on any atom is 0.224 e. The summed E-state index contributed by atoms with van der Waals surface area (Å²) in [6.07, 6.45) is 1.72. The predicted octanol–water partition coefficient (Wildman–Crippen LogP) is 3.36. The van der Waals surface area contributed by atoms with E-state index in [0.717, 1.165) is 17.9 Å². The number of aromatic nitrogens is 2. The third kappa shape index (κ3) is 3.17. The maximum atomic E-state index is 5.76. The van der Waals surface area contributed by atoms with Crippen LogP contribution in [0.25, 0.3) is 0 Å². The van der Waals surface area contributed by atoms with Gasteiger partial charge in [0.1, 0.15) is 5.82 Å². The van der Waals surface area contributed by atoms with E-state index in [1.807, 2.05) is 6.92 Å². The van der Waals surface area contributed by atoms with Crippen LogP contribution in [0, 0.1) is 13.8 Å². The first-order valence-electron chi connectivity index (χ1n) is 5.44. The molecule has 0 radical (unpaired) electrons.